The van der Waals surface area contributed by atoms with Crippen LogP contribution in [-0.2, 0) is 0 Å². The molecule has 0 spiro atoms. The SMILES string of the molecule is CNc1cc(Nc2cccnc2OC2CC2)nc2c(C(=O)CC3CC3)cnn12. The van der Waals surface area contributed by atoms with Gasteiger partial charge < -0.3 is 15.4 Å². The molecular weight excluding hydrogens is 356 g/mol. The summed E-state index contributed by atoms with van der Waals surface area (Å²) in [5.41, 5.74) is 1.86. The van der Waals surface area contributed by atoms with Gasteiger partial charge in [0.2, 0.25) is 5.88 Å². The van der Waals surface area contributed by atoms with E-state index in [1.54, 1.807) is 16.9 Å². The fourth-order valence-corrected chi connectivity index (χ4v) is 3.16. The standard InChI is InChI=1S/C20H22N6O2/c1-21-18-10-17(24-15-3-2-8-22-20(15)28-13-6-7-13)25-19-14(11-23-26(18)19)16(27)9-12-4-5-12/h2-3,8,10-13,21H,4-7,9H2,1H3,(H,24,25). The highest BCUT2D eigenvalue weighted by atomic mass is 16.5. The molecule has 0 aromatic carbocycles. The number of aromatic nitrogens is 4. The molecule has 2 N–H and O–H groups in total. The Morgan fingerprint density at radius 2 is 2.18 bits per heavy atom. The molecule has 0 bridgehead atoms. The first-order valence-corrected chi connectivity index (χ1v) is 9.69. The Bertz CT molecular complexity index is 1040. The van der Waals surface area contributed by atoms with Crippen LogP contribution in [0.4, 0.5) is 17.3 Å². The zero-order chi connectivity index (χ0) is 19.1. The number of nitrogens with one attached hydrogen (secondary N) is 2. The Labute approximate surface area is 162 Å². The van der Waals surface area contributed by atoms with Gasteiger partial charge in [-0.05, 0) is 43.7 Å². The van der Waals surface area contributed by atoms with Gasteiger partial charge >= 0.3 is 0 Å². The van der Waals surface area contributed by atoms with Crippen molar-refractivity contribution in [3.05, 3.63) is 36.2 Å². The second kappa shape index (κ2) is 6.78. The van der Waals surface area contributed by atoms with E-state index < -0.39 is 0 Å². The van der Waals surface area contributed by atoms with E-state index in [0.717, 1.165) is 37.2 Å². The van der Waals surface area contributed by atoms with Crippen LogP contribution >= 0.6 is 0 Å². The van der Waals surface area contributed by atoms with Crippen molar-refractivity contribution in [2.24, 2.45) is 5.92 Å². The van der Waals surface area contributed by atoms with Crippen LogP contribution in [-0.4, -0.2) is 38.5 Å². The first-order valence-electron chi connectivity index (χ1n) is 9.69. The molecule has 0 unspecified atom stereocenters. The third kappa shape index (κ3) is 3.37. The number of carbonyl (C=O) groups is 1. The van der Waals surface area contributed by atoms with Crippen molar-refractivity contribution in [2.75, 3.05) is 17.7 Å². The molecule has 0 saturated heterocycles. The highest BCUT2D eigenvalue weighted by Gasteiger charge is 2.27. The van der Waals surface area contributed by atoms with E-state index in [0.29, 0.717) is 35.2 Å². The second-order valence-corrected chi connectivity index (χ2v) is 7.44. The molecule has 0 atom stereocenters. The van der Waals surface area contributed by atoms with Crippen LogP contribution in [0, 0.1) is 5.92 Å². The molecule has 3 aromatic heterocycles. The molecule has 0 aliphatic heterocycles. The van der Waals surface area contributed by atoms with Gasteiger partial charge in [-0.3, -0.25) is 4.79 Å². The lowest BCUT2D eigenvalue weighted by Gasteiger charge is -2.13. The van der Waals surface area contributed by atoms with E-state index in [9.17, 15) is 4.79 Å². The lowest BCUT2D eigenvalue weighted by Crippen LogP contribution is -2.07. The molecule has 2 aliphatic rings. The number of ketones is 1. The number of Topliss-reactive ketones (excluding diaryl/α,β-unsaturated/α-hetero) is 1. The summed E-state index contributed by atoms with van der Waals surface area (Å²) in [6.07, 6.45) is 8.54. The molecule has 144 valence electrons. The Morgan fingerprint density at radius 1 is 1.32 bits per heavy atom. The van der Waals surface area contributed by atoms with Crippen molar-refractivity contribution in [3.63, 3.8) is 0 Å². The van der Waals surface area contributed by atoms with Gasteiger partial charge in [0.25, 0.3) is 0 Å². The molecule has 28 heavy (non-hydrogen) atoms. The maximum absolute atomic E-state index is 12.7. The monoisotopic (exact) mass is 378 g/mol. The minimum atomic E-state index is 0.100. The molecule has 0 radical (unpaired) electrons. The van der Waals surface area contributed by atoms with Crippen LogP contribution in [0.3, 0.4) is 0 Å². The Morgan fingerprint density at radius 3 is 2.93 bits per heavy atom. The van der Waals surface area contributed by atoms with Crippen molar-refractivity contribution >= 4 is 28.8 Å². The predicted molar refractivity (Wildman–Crippen MR) is 105 cm³/mol. The number of nitrogens with zero attached hydrogens (tertiary/aromatic N) is 4. The fourth-order valence-electron chi connectivity index (χ4n) is 3.16. The Hall–Kier alpha value is -3.16. The summed E-state index contributed by atoms with van der Waals surface area (Å²) in [5, 5.41) is 10.8. The van der Waals surface area contributed by atoms with E-state index >= 15 is 0 Å². The molecule has 2 fully saturated rings. The van der Waals surface area contributed by atoms with Gasteiger partial charge in [-0.2, -0.15) is 9.61 Å². The highest BCUT2D eigenvalue weighted by Crippen LogP contribution is 2.35. The van der Waals surface area contributed by atoms with Crippen LogP contribution in [0.15, 0.2) is 30.6 Å². The van der Waals surface area contributed by atoms with Gasteiger partial charge in [0, 0.05) is 25.7 Å². The lowest BCUT2D eigenvalue weighted by atomic mass is 10.1. The van der Waals surface area contributed by atoms with Crippen LogP contribution < -0.4 is 15.4 Å². The van der Waals surface area contributed by atoms with Crippen LogP contribution in [0.25, 0.3) is 5.65 Å². The topological polar surface area (TPSA) is 93.4 Å². The number of carbonyl (C=O) groups excluding carboxylic acids is 1. The summed E-state index contributed by atoms with van der Waals surface area (Å²) in [6.45, 7) is 0. The summed E-state index contributed by atoms with van der Waals surface area (Å²) < 4.78 is 7.54. The van der Waals surface area contributed by atoms with E-state index in [1.165, 1.54) is 0 Å². The van der Waals surface area contributed by atoms with Crippen molar-refractivity contribution in [1.29, 1.82) is 0 Å². The van der Waals surface area contributed by atoms with Gasteiger partial charge in [0.05, 0.1) is 11.8 Å². The fraction of sp³-hybridized carbons (Fsp3) is 0.400. The van der Waals surface area contributed by atoms with Crippen molar-refractivity contribution in [3.8, 4) is 5.88 Å². The average Bonchev–Trinajstić information content (AvgIpc) is 3.63. The summed E-state index contributed by atoms with van der Waals surface area (Å²) in [5.74, 6) is 2.53. The number of ether oxygens (including phenoxy) is 1. The quantitative estimate of drug-likeness (QED) is 0.580. The molecule has 2 saturated carbocycles. The van der Waals surface area contributed by atoms with Crippen LogP contribution in [0.1, 0.15) is 42.5 Å². The van der Waals surface area contributed by atoms with Crippen LogP contribution in [0.2, 0.25) is 0 Å². The number of anilines is 3. The first kappa shape index (κ1) is 17.0. The van der Waals surface area contributed by atoms with Crippen molar-refractivity contribution in [1.82, 2.24) is 19.6 Å². The van der Waals surface area contributed by atoms with E-state index in [1.807, 2.05) is 25.2 Å². The largest absolute Gasteiger partial charge is 0.473 e. The van der Waals surface area contributed by atoms with Gasteiger partial charge in [0.15, 0.2) is 11.4 Å². The van der Waals surface area contributed by atoms with E-state index in [-0.39, 0.29) is 11.9 Å². The molecule has 3 aromatic rings. The highest BCUT2D eigenvalue weighted by molar-refractivity contribution is 6.01. The van der Waals surface area contributed by atoms with Gasteiger partial charge in [-0.15, -0.1) is 0 Å². The minimum Gasteiger partial charge on any atom is -0.473 e. The number of rotatable bonds is 8. The zero-order valence-electron chi connectivity index (χ0n) is 15.7. The first-order chi connectivity index (χ1) is 13.7. The maximum Gasteiger partial charge on any atom is 0.238 e. The predicted octanol–water partition coefficient (Wildman–Crippen LogP) is 3.43. The lowest BCUT2D eigenvalue weighted by molar-refractivity contribution is 0.0977. The molecular formula is C20H22N6O2. The minimum absolute atomic E-state index is 0.100. The number of hydrogen-bond donors (Lipinski definition) is 2. The average molecular weight is 378 g/mol. The van der Waals surface area contributed by atoms with Crippen molar-refractivity contribution in [2.45, 2.75) is 38.2 Å². The number of hydrogen-bond acceptors (Lipinski definition) is 7. The number of pyridine rings is 1. The van der Waals surface area contributed by atoms with E-state index in [4.69, 9.17) is 4.74 Å². The van der Waals surface area contributed by atoms with Gasteiger partial charge in [0.1, 0.15) is 23.4 Å². The van der Waals surface area contributed by atoms with Crippen LogP contribution in [0.5, 0.6) is 5.88 Å². The molecule has 8 heteroatoms. The number of fused-ring (bicyclic) bond motifs is 1. The summed E-state index contributed by atoms with van der Waals surface area (Å²) in [7, 11) is 1.82. The molecule has 5 rings (SSSR count). The van der Waals surface area contributed by atoms with Gasteiger partial charge in [-0.1, -0.05) is 0 Å². The van der Waals surface area contributed by atoms with Gasteiger partial charge in [-0.25, -0.2) is 9.97 Å². The normalized spacial score (nSPS) is 16.2. The third-order valence-electron chi connectivity index (χ3n) is 5.04. The van der Waals surface area contributed by atoms with Crippen molar-refractivity contribution < 1.29 is 9.53 Å². The van der Waals surface area contributed by atoms with E-state index in [2.05, 4.69) is 25.7 Å². The zero-order valence-corrected chi connectivity index (χ0v) is 15.7. The third-order valence-corrected chi connectivity index (χ3v) is 5.04. The summed E-state index contributed by atoms with van der Waals surface area (Å²) in [4.78, 5) is 21.7. The molecule has 3 heterocycles. The maximum atomic E-state index is 12.7. The molecule has 2 aliphatic carbocycles. The summed E-state index contributed by atoms with van der Waals surface area (Å²) in [6, 6.07) is 5.61. The second-order valence-electron chi connectivity index (χ2n) is 7.44. The molecule has 8 nitrogen and oxygen atoms in total. The molecule has 0 amide bonds. The smallest absolute Gasteiger partial charge is 0.238 e. The Balaban J connectivity index is 1.50. The summed E-state index contributed by atoms with van der Waals surface area (Å²) >= 11 is 0. The Kier molecular flexibility index (Phi) is 4.11.